The number of hydrogen-bond donors (Lipinski definition) is 1. The molecule has 21 heavy (non-hydrogen) atoms. The number of carbonyl (C=O) groups excluding carboxylic acids is 1. The number of carbonyl (C=O) groups is 1. The van der Waals surface area contributed by atoms with Gasteiger partial charge in [-0.05, 0) is 45.4 Å². The van der Waals surface area contributed by atoms with Crippen LogP contribution in [0.2, 0.25) is 0 Å². The molecule has 0 aromatic carbocycles. The highest BCUT2D eigenvalue weighted by atomic mass is 16.5. The highest BCUT2D eigenvalue weighted by molar-refractivity contribution is 5.78. The summed E-state index contributed by atoms with van der Waals surface area (Å²) in [6.45, 7) is 8.83. The molecular weight excluding hydrogens is 264 g/mol. The first-order valence-electron chi connectivity index (χ1n) is 8.70. The minimum absolute atomic E-state index is 0.203. The van der Waals surface area contributed by atoms with Crippen LogP contribution >= 0.6 is 0 Å². The van der Waals surface area contributed by atoms with Crippen LogP contribution in [-0.4, -0.2) is 48.7 Å². The van der Waals surface area contributed by atoms with Crippen molar-refractivity contribution in [1.82, 2.24) is 10.2 Å². The van der Waals surface area contributed by atoms with E-state index in [-0.39, 0.29) is 5.91 Å². The van der Waals surface area contributed by atoms with E-state index in [9.17, 15) is 4.79 Å². The fraction of sp³-hybridized carbons (Fsp3) is 0.941. The molecule has 2 fully saturated rings. The lowest BCUT2D eigenvalue weighted by atomic mass is 9.86. The average molecular weight is 296 g/mol. The predicted molar refractivity (Wildman–Crippen MR) is 85.2 cm³/mol. The summed E-state index contributed by atoms with van der Waals surface area (Å²) in [6.07, 6.45) is 7.05. The lowest BCUT2D eigenvalue weighted by molar-refractivity contribution is -0.125. The number of amides is 1. The molecule has 1 N–H and O–H groups in total. The van der Waals surface area contributed by atoms with Crippen LogP contribution in [0.4, 0.5) is 0 Å². The van der Waals surface area contributed by atoms with Gasteiger partial charge in [0.25, 0.3) is 0 Å². The molecule has 0 bridgehead atoms. The molecule has 0 spiro atoms. The van der Waals surface area contributed by atoms with E-state index in [4.69, 9.17) is 4.74 Å². The van der Waals surface area contributed by atoms with Gasteiger partial charge < -0.3 is 10.1 Å². The van der Waals surface area contributed by atoms with Crippen LogP contribution in [0.1, 0.15) is 59.3 Å². The van der Waals surface area contributed by atoms with Crippen molar-refractivity contribution >= 4 is 5.91 Å². The largest absolute Gasteiger partial charge is 0.381 e. The number of nitrogens with zero attached hydrogens (tertiary/aromatic N) is 1. The first-order chi connectivity index (χ1) is 10.1. The van der Waals surface area contributed by atoms with Crippen LogP contribution in [0.15, 0.2) is 0 Å². The van der Waals surface area contributed by atoms with Gasteiger partial charge in [0, 0.05) is 31.3 Å². The van der Waals surface area contributed by atoms with Crippen molar-refractivity contribution in [1.29, 1.82) is 0 Å². The Labute approximate surface area is 129 Å². The fourth-order valence-corrected chi connectivity index (χ4v) is 3.70. The molecule has 1 heterocycles. The summed E-state index contributed by atoms with van der Waals surface area (Å²) in [5, 5.41) is 3.28. The quantitative estimate of drug-likeness (QED) is 0.848. The zero-order chi connectivity index (χ0) is 15.2. The molecule has 2 atom stereocenters. The number of rotatable bonds is 5. The van der Waals surface area contributed by atoms with Gasteiger partial charge in [-0.1, -0.05) is 19.8 Å². The second-order valence-corrected chi connectivity index (χ2v) is 7.05. The second-order valence-electron chi connectivity index (χ2n) is 7.05. The minimum Gasteiger partial charge on any atom is -0.381 e. The van der Waals surface area contributed by atoms with Crippen LogP contribution in [0.25, 0.3) is 0 Å². The third-order valence-electron chi connectivity index (χ3n) is 5.11. The van der Waals surface area contributed by atoms with Crippen molar-refractivity contribution in [2.45, 2.75) is 77.4 Å². The van der Waals surface area contributed by atoms with E-state index in [2.05, 4.69) is 31.0 Å². The number of ether oxygens (including phenoxy) is 1. The Bertz CT molecular complexity index is 327. The van der Waals surface area contributed by atoms with Crippen molar-refractivity contribution in [3.8, 4) is 0 Å². The van der Waals surface area contributed by atoms with Gasteiger partial charge >= 0.3 is 0 Å². The molecular formula is C17H32N2O2. The highest BCUT2D eigenvalue weighted by Gasteiger charge is 2.28. The van der Waals surface area contributed by atoms with E-state index in [0.29, 0.717) is 30.6 Å². The summed E-state index contributed by atoms with van der Waals surface area (Å²) in [5.74, 6) is 0.826. The summed E-state index contributed by atoms with van der Waals surface area (Å²) in [4.78, 5) is 14.8. The summed E-state index contributed by atoms with van der Waals surface area (Å²) in [6, 6.07) is 1.28. The maximum absolute atomic E-state index is 12.4. The normalized spacial score (nSPS) is 28.0. The van der Waals surface area contributed by atoms with E-state index >= 15 is 0 Å². The van der Waals surface area contributed by atoms with Gasteiger partial charge in [-0.15, -0.1) is 0 Å². The van der Waals surface area contributed by atoms with Gasteiger partial charge in [0.1, 0.15) is 0 Å². The SMILES string of the molecule is CC(C)N(CC(=O)N[C@H]1CCCC[C@@H]1C)C1CCOCC1. The summed E-state index contributed by atoms with van der Waals surface area (Å²) in [7, 11) is 0. The van der Waals surface area contributed by atoms with E-state index < -0.39 is 0 Å². The molecule has 0 unspecified atom stereocenters. The molecule has 0 aromatic heterocycles. The van der Waals surface area contributed by atoms with Crippen molar-refractivity contribution in [3.05, 3.63) is 0 Å². The Morgan fingerprint density at radius 3 is 2.48 bits per heavy atom. The fourth-order valence-electron chi connectivity index (χ4n) is 3.70. The molecule has 1 aliphatic heterocycles. The number of nitrogens with one attached hydrogen (secondary N) is 1. The van der Waals surface area contributed by atoms with Crippen LogP contribution in [0.5, 0.6) is 0 Å². The highest BCUT2D eigenvalue weighted by Crippen LogP contribution is 2.24. The van der Waals surface area contributed by atoms with Crippen LogP contribution in [-0.2, 0) is 9.53 Å². The smallest absolute Gasteiger partial charge is 0.234 e. The van der Waals surface area contributed by atoms with E-state index in [1.54, 1.807) is 0 Å². The van der Waals surface area contributed by atoms with Crippen LogP contribution in [0, 0.1) is 5.92 Å². The van der Waals surface area contributed by atoms with Gasteiger partial charge in [-0.2, -0.15) is 0 Å². The maximum atomic E-state index is 12.4. The number of hydrogen-bond acceptors (Lipinski definition) is 3. The van der Waals surface area contributed by atoms with Crippen LogP contribution < -0.4 is 5.32 Å². The second kappa shape index (κ2) is 8.14. The van der Waals surface area contributed by atoms with Gasteiger partial charge in [-0.3, -0.25) is 9.69 Å². The lowest BCUT2D eigenvalue weighted by Gasteiger charge is -2.37. The van der Waals surface area contributed by atoms with E-state index in [0.717, 1.165) is 32.5 Å². The van der Waals surface area contributed by atoms with Crippen molar-refractivity contribution in [3.63, 3.8) is 0 Å². The third kappa shape index (κ3) is 4.96. The van der Waals surface area contributed by atoms with E-state index in [1.165, 1.54) is 19.3 Å². The summed E-state index contributed by atoms with van der Waals surface area (Å²) >= 11 is 0. The molecule has 1 saturated heterocycles. The molecule has 0 aromatic rings. The third-order valence-corrected chi connectivity index (χ3v) is 5.11. The van der Waals surface area contributed by atoms with Crippen LogP contribution in [0.3, 0.4) is 0 Å². The molecule has 4 nitrogen and oxygen atoms in total. The Hall–Kier alpha value is -0.610. The topological polar surface area (TPSA) is 41.6 Å². The summed E-state index contributed by atoms with van der Waals surface area (Å²) < 4.78 is 5.44. The Morgan fingerprint density at radius 2 is 1.86 bits per heavy atom. The van der Waals surface area contributed by atoms with Gasteiger partial charge in [0.15, 0.2) is 0 Å². The van der Waals surface area contributed by atoms with Crippen molar-refractivity contribution in [2.24, 2.45) is 5.92 Å². The van der Waals surface area contributed by atoms with Gasteiger partial charge in [-0.25, -0.2) is 0 Å². The molecule has 0 radical (unpaired) electrons. The Balaban J connectivity index is 1.85. The minimum atomic E-state index is 0.203. The molecule has 4 heteroatoms. The lowest BCUT2D eigenvalue weighted by Crippen LogP contribution is -2.51. The Morgan fingerprint density at radius 1 is 1.19 bits per heavy atom. The average Bonchev–Trinajstić information content (AvgIpc) is 2.48. The molecule has 122 valence electrons. The van der Waals surface area contributed by atoms with Gasteiger partial charge in [0.05, 0.1) is 6.54 Å². The van der Waals surface area contributed by atoms with E-state index in [1.807, 2.05) is 0 Å². The Kier molecular flexibility index (Phi) is 6.49. The summed E-state index contributed by atoms with van der Waals surface area (Å²) in [5.41, 5.74) is 0. The zero-order valence-electron chi connectivity index (χ0n) is 13.9. The molecule has 2 aliphatic rings. The standard InChI is InChI=1S/C17H32N2O2/c1-13(2)19(15-8-10-21-11-9-15)12-17(20)18-16-7-5-4-6-14(16)3/h13-16H,4-12H2,1-3H3,(H,18,20)/t14-,16-/m0/s1. The van der Waals surface area contributed by atoms with Crippen molar-refractivity contribution in [2.75, 3.05) is 19.8 Å². The zero-order valence-corrected chi connectivity index (χ0v) is 13.9. The molecule has 1 aliphatic carbocycles. The van der Waals surface area contributed by atoms with Crippen molar-refractivity contribution < 1.29 is 9.53 Å². The predicted octanol–water partition coefficient (Wildman–Crippen LogP) is 2.57. The maximum Gasteiger partial charge on any atom is 0.234 e. The molecule has 1 saturated carbocycles. The first-order valence-corrected chi connectivity index (χ1v) is 8.70. The van der Waals surface area contributed by atoms with Gasteiger partial charge in [0.2, 0.25) is 5.91 Å². The molecule has 1 amide bonds. The monoisotopic (exact) mass is 296 g/mol. The molecule has 2 rings (SSSR count). The first kappa shape index (κ1) is 16.8.